The van der Waals surface area contributed by atoms with Crippen LogP contribution >= 0.6 is 0 Å². The molecule has 0 radical (unpaired) electrons. The van der Waals surface area contributed by atoms with Gasteiger partial charge in [0.05, 0.1) is 11.2 Å². The van der Waals surface area contributed by atoms with Crippen molar-refractivity contribution >= 4 is 32.6 Å². The van der Waals surface area contributed by atoms with Gasteiger partial charge in [-0.3, -0.25) is 4.72 Å². The largest absolute Gasteiger partial charge is 0.477 e. The Morgan fingerprint density at radius 3 is 2.50 bits per heavy atom. The number of anilines is 1. The Bertz CT molecular complexity index is 1380. The number of carboxylic acids is 1. The van der Waals surface area contributed by atoms with E-state index in [1.165, 1.54) is 48.7 Å². The molecule has 0 saturated heterocycles. The normalized spacial score (nSPS) is 11.4. The Morgan fingerprint density at radius 1 is 1.00 bits per heavy atom. The van der Waals surface area contributed by atoms with Crippen molar-refractivity contribution in [3.8, 4) is 11.1 Å². The number of rotatable bonds is 5. The molecule has 0 aliphatic rings. The molecule has 2 N–H and O–H groups in total. The van der Waals surface area contributed by atoms with Crippen LogP contribution in [0.15, 0.2) is 78.0 Å². The van der Waals surface area contributed by atoms with E-state index in [1.54, 1.807) is 24.3 Å². The highest BCUT2D eigenvalue weighted by molar-refractivity contribution is 7.92. The van der Waals surface area contributed by atoms with Crippen LogP contribution in [0, 0.1) is 5.82 Å². The van der Waals surface area contributed by atoms with Crippen LogP contribution in [0.3, 0.4) is 0 Å². The first-order chi connectivity index (χ1) is 14.3. The number of benzene rings is 2. The standard InChI is InChI=1S/C21H14FN3O4S/c22-14-6-3-5-13(11-14)16-12-18(21(26)27)24-20-15(16)7-4-8-17(20)25-30(28,29)19-9-1-2-10-23-19/h1-12,25H,(H,26,27). The lowest BCUT2D eigenvalue weighted by Gasteiger charge is -2.13. The van der Waals surface area contributed by atoms with Gasteiger partial charge in [-0.1, -0.05) is 30.3 Å². The van der Waals surface area contributed by atoms with Gasteiger partial charge in [0.15, 0.2) is 5.03 Å². The van der Waals surface area contributed by atoms with Crippen LogP contribution in [0.2, 0.25) is 0 Å². The summed E-state index contributed by atoms with van der Waals surface area (Å²) in [4.78, 5) is 19.6. The average molecular weight is 423 g/mol. The second-order valence-electron chi connectivity index (χ2n) is 6.35. The monoisotopic (exact) mass is 423 g/mol. The van der Waals surface area contributed by atoms with E-state index in [2.05, 4.69) is 14.7 Å². The zero-order valence-electron chi connectivity index (χ0n) is 15.3. The number of aromatic carboxylic acids is 1. The number of fused-ring (bicyclic) bond motifs is 1. The van der Waals surface area contributed by atoms with E-state index >= 15 is 0 Å². The SMILES string of the molecule is O=C(O)c1cc(-c2cccc(F)c2)c2cccc(NS(=O)(=O)c3ccccn3)c2n1. The predicted molar refractivity (Wildman–Crippen MR) is 109 cm³/mol. The number of carbonyl (C=O) groups is 1. The lowest BCUT2D eigenvalue weighted by molar-refractivity contribution is 0.0691. The number of halogens is 1. The topological polar surface area (TPSA) is 109 Å². The van der Waals surface area contributed by atoms with Gasteiger partial charge in [0.2, 0.25) is 0 Å². The van der Waals surface area contributed by atoms with Crippen LogP contribution in [-0.2, 0) is 10.0 Å². The maximum absolute atomic E-state index is 13.8. The van der Waals surface area contributed by atoms with Crippen molar-refractivity contribution in [1.29, 1.82) is 0 Å². The van der Waals surface area contributed by atoms with Crippen LogP contribution in [0.1, 0.15) is 10.5 Å². The van der Waals surface area contributed by atoms with Gasteiger partial charge in [0.1, 0.15) is 11.5 Å². The summed E-state index contributed by atoms with van der Waals surface area (Å²) in [6.45, 7) is 0. The molecule has 4 aromatic rings. The molecular weight excluding hydrogens is 409 g/mol. The maximum Gasteiger partial charge on any atom is 0.354 e. The molecule has 4 rings (SSSR count). The second kappa shape index (κ2) is 7.53. The van der Waals surface area contributed by atoms with E-state index in [0.717, 1.165) is 0 Å². The number of sulfonamides is 1. The molecular formula is C21H14FN3O4S. The van der Waals surface area contributed by atoms with Crippen molar-refractivity contribution in [1.82, 2.24) is 9.97 Å². The van der Waals surface area contributed by atoms with Crippen LogP contribution in [0.25, 0.3) is 22.0 Å². The molecule has 0 fully saturated rings. The van der Waals surface area contributed by atoms with Gasteiger partial charge in [0, 0.05) is 11.6 Å². The first-order valence-corrected chi connectivity index (χ1v) is 10.2. The number of nitrogens with one attached hydrogen (secondary N) is 1. The summed E-state index contributed by atoms with van der Waals surface area (Å²) in [5, 5.41) is 9.76. The van der Waals surface area contributed by atoms with Gasteiger partial charge in [-0.2, -0.15) is 8.42 Å². The summed E-state index contributed by atoms with van der Waals surface area (Å²) in [5.74, 6) is -1.78. The van der Waals surface area contributed by atoms with Crippen LogP contribution in [-0.4, -0.2) is 29.5 Å². The number of pyridine rings is 2. The van der Waals surface area contributed by atoms with E-state index in [0.29, 0.717) is 16.5 Å². The fraction of sp³-hybridized carbons (Fsp3) is 0. The molecule has 2 heterocycles. The predicted octanol–water partition coefficient (Wildman–Crippen LogP) is 3.93. The van der Waals surface area contributed by atoms with Gasteiger partial charge >= 0.3 is 5.97 Å². The van der Waals surface area contributed by atoms with Crippen LogP contribution < -0.4 is 4.72 Å². The van der Waals surface area contributed by atoms with E-state index in [-0.39, 0.29) is 21.9 Å². The third kappa shape index (κ3) is 3.70. The van der Waals surface area contributed by atoms with Crippen molar-refractivity contribution in [3.63, 3.8) is 0 Å². The van der Waals surface area contributed by atoms with Gasteiger partial charge in [-0.05, 0) is 47.5 Å². The highest BCUT2D eigenvalue weighted by Gasteiger charge is 2.20. The fourth-order valence-electron chi connectivity index (χ4n) is 3.04. The minimum Gasteiger partial charge on any atom is -0.477 e. The third-order valence-corrected chi connectivity index (χ3v) is 5.63. The third-order valence-electron chi connectivity index (χ3n) is 4.35. The number of aromatic nitrogens is 2. The first kappa shape index (κ1) is 19.5. The number of carboxylic acid groups (broad SMARTS) is 1. The van der Waals surface area contributed by atoms with Crippen LogP contribution in [0.4, 0.5) is 10.1 Å². The Balaban J connectivity index is 1.94. The van der Waals surface area contributed by atoms with Gasteiger partial charge in [-0.15, -0.1) is 0 Å². The molecule has 2 aromatic heterocycles. The molecule has 30 heavy (non-hydrogen) atoms. The fourth-order valence-corrected chi connectivity index (χ4v) is 4.05. The van der Waals surface area contributed by atoms with E-state index in [4.69, 9.17) is 0 Å². The highest BCUT2D eigenvalue weighted by Crippen LogP contribution is 2.33. The van der Waals surface area contributed by atoms with E-state index < -0.39 is 21.8 Å². The minimum atomic E-state index is -4.03. The van der Waals surface area contributed by atoms with Gasteiger partial charge in [0.25, 0.3) is 10.0 Å². The summed E-state index contributed by atoms with van der Waals surface area (Å²) in [6.07, 6.45) is 1.35. The molecule has 0 unspecified atom stereocenters. The summed E-state index contributed by atoms with van der Waals surface area (Å²) < 4.78 is 41.6. The molecule has 9 heteroatoms. The Morgan fingerprint density at radius 2 is 1.80 bits per heavy atom. The number of nitrogens with zero attached hydrogens (tertiary/aromatic N) is 2. The molecule has 0 atom stereocenters. The molecule has 0 bridgehead atoms. The average Bonchev–Trinajstić information content (AvgIpc) is 2.73. The molecule has 0 amide bonds. The second-order valence-corrected chi connectivity index (χ2v) is 7.98. The number of hydrogen-bond donors (Lipinski definition) is 2. The zero-order chi connectivity index (χ0) is 21.3. The molecule has 0 saturated carbocycles. The minimum absolute atomic E-state index is 0.0823. The van der Waals surface area contributed by atoms with Crippen LogP contribution in [0.5, 0.6) is 0 Å². The van der Waals surface area contributed by atoms with Crippen molar-refractivity contribution in [2.75, 3.05) is 4.72 Å². The molecule has 0 spiro atoms. The first-order valence-electron chi connectivity index (χ1n) is 8.72. The van der Waals surface area contributed by atoms with Crippen molar-refractivity contribution in [2.45, 2.75) is 5.03 Å². The molecule has 7 nitrogen and oxygen atoms in total. The van der Waals surface area contributed by atoms with E-state index in [1.807, 2.05) is 0 Å². The zero-order valence-corrected chi connectivity index (χ0v) is 16.1. The summed E-state index contributed by atoms with van der Waals surface area (Å²) in [6, 6.07) is 16.2. The van der Waals surface area contributed by atoms with E-state index in [9.17, 15) is 22.7 Å². The lowest BCUT2D eigenvalue weighted by Crippen LogP contribution is -2.15. The van der Waals surface area contributed by atoms with Crippen molar-refractivity contribution in [3.05, 3.63) is 84.4 Å². The quantitative estimate of drug-likeness (QED) is 0.503. The lowest BCUT2D eigenvalue weighted by atomic mass is 9.99. The van der Waals surface area contributed by atoms with Gasteiger partial charge < -0.3 is 5.11 Å². The number of hydrogen-bond acceptors (Lipinski definition) is 5. The highest BCUT2D eigenvalue weighted by atomic mass is 32.2. The smallest absolute Gasteiger partial charge is 0.354 e. The summed E-state index contributed by atoms with van der Waals surface area (Å²) in [5.41, 5.74) is 0.756. The number of para-hydroxylation sites is 1. The Labute approximate surface area is 170 Å². The Kier molecular flexibility index (Phi) is 4.88. The molecule has 0 aliphatic carbocycles. The van der Waals surface area contributed by atoms with Crippen molar-refractivity contribution < 1.29 is 22.7 Å². The van der Waals surface area contributed by atoms with Crippen molar-refractivity contribution in [2.24, 2.45) is 0 Å². The maximum atomic E-state index is 13.8. The molecule has 2 aromatic carbocycles. The molecule has 150 valence electrons. The Hall–Kier alpha value is -3.85. The van der Waals surface area contributed by atoms with Gasteiger partial charge in [-0.25, -0.2) is 19.2 Å². The summed E-state index contributed by atoms with van der Waals surface area (Å²) >= 11 is 0. The summed E-state index contributed by atoms with van der Waals surface area (Å²) in [7, 11) is -4.03. The molecule has 0 aliphatic heterocycles.